The molecule has 3 aromatic heterocycles. The Labute approximate surface area is 174 Å². The first-order valence-electron chi connectivity index (χ1n) is 11.0. The van der Waals surface area contributed by atoms with Crippen molar-refractivity contribution in [3.8, 4) is 0 Å². The van der Waals surface area contributed by atoms with Gasteiger partial charge in [-0.15, -0.1) is 10.2 Å². The first-order valence-corrected chi connectivity index (χ1v) is 11.8. The summed E-state index contributed by atoms with van der Waals surface area (Å²) in [5, 5.41) is 17.7. The highest BCUT2D eigenvalue weighted by Gasteiger charge is 2.30. The number of aromatic nitrogens is 4. The minimum atomic E-state index is 0.800. The van der Waals surface area contributed by atoms with Crippen LogP contribution in [0.4, 0.5) is 11.6 Å². The van der Waals surface area contributed by atoms with E-state index >= 15 is 0 Å². The summed E-state index contributed by atoms with van der Waals surface area (Å²) in [6.07, 6.45) is 8.34. The van der Waals surface area contributed by atoms with Crippen molar-refractivity contribution in [1.29, 1.82) is 0 Å². The third-order valence-electron chi connectivity index (χ3n) is 6.08. The number of fused-ring (bicyclic) bond motifs is 5. The normalized spacial score (nSPS) is 17.1. The minimum Gasteiger partial charge on any atom is -0.373 e. The van der Waals surface area contributed by atoms with E-state index in [1.165, 1.54) is 52.8 Å². The summed E-state index contributed by atoms with van der Waals surface area (Å²) < 4.78 is 6.70. The quantitative estimate of drug-likeness (QED) is 0.625. The van der Waals surface area contributed by atoms with Crippen LogP contribution in [0.2, 0.25) is 0 Å². The van der Waals surface area contributed by atoms with Crippen LogP contribution in [0, 0.1) is 0 Å². The molecule has 0 bridgehead atoms. The van der Waals surface area contributed by atoms with Crippen molar-refractivity contribution in [2.24, 2.45) is 0 Å². The van der Waals surface area contributed by atoms with Crippen LogP contribution in [-0.4, -0.2) is 48.3 Å². The summed E-state index contributed by atoms with van der Waals surface area (Å²) >= 11 is 1.76. The summed E-state index contributed by atoms with van der Waals surface area (Å²) in [5.74, 6) is 2.17. The highest BCUT2D eigenvalue weighted by Crippen LogP contribution is 2.40. The summed E-state index contributed by atoms with van der Waals surface area (Å²) in [7, 11) is 0. The Hall–Kier alpha value is -2.06. The summed E-state index contributed by atoms with van der Waals surface area (Å²) in [6.45, 7) is 6.65. The highest BCUT2D eigenvalue weighted by molar-refractivity contribution is 7.25. The van der Waals surface area contributed by atoms with Crippen LogP contribution >= 0.6 is 11.3 Å². The number of aromatic amines is 1. The van der Waals surface area contributed by atoms with E-state index in [0.29, 0.717) is 0 Å². The predicted molar refractivity (Wildman–Crippen MR) is 117 cm³/mol. The Morgan fingerprint density at radius 2 is 1.93 bits per heavy atom. The average molecular weight is 414 g/mol. The van der Waals surface area contributed by atoms with Crippen molar-refractivity contribution < 1.29 is 9.72 Å². The van der Waals surface area contributed by atoms with Gasteiger partial charge in [0, 0.05) is 12.1 Å². The molecule has 1 aliphatic heterocycles. The number of ether oxygens (including phenoxy) is 1. The molecule has 2 N–H and O–H groups in total. The molecule has 7 nitrogen and oxygen atoms in total. The number of hydrogen-bond acceptors (Lipinski definition) is 7. The van der Waals surface area contributed by atoms with Gasteiger partial charge in [0.15, 0.2) is 10.6 Å². The van der Waals surface area contributed by atoms with Crippen molar-refractivity contribution in [2.45, 2.75) is 51.9 Å². The molecule has 2 aliphatic rings. The van der Waals surface area contributed by atoms with Crippen molar-refractivity contribution >= 4 is 43.4 Å². The van der Waals surface area contributed by atoms with Gasteiger partial charge >= 0.3 is 0 Å². The fraction of sp³-hybridized carbons (Fsp3) is 0.619. The fourth-order valence-electron chi connectivity index (χ4n) is 4.58. The third-order valence-corrected chi connectivity index (χ3v) is 7.18. The second-order valence-electron chi connectivity index (χ2n) is 7.99. The number of nitrogens with one attached hydrogen (secondary N) is 2. The van der Waals surface area contributed by atoms with Gasteiger partial charge in [-0.2, -0.15) is 0 Å². The smallest absolute Gasteiger partial charge is 0.279 e. The standard InChI is InChI=1S/C21H28N6OS/c1-2-3-6-9-22-19-18-17(24-26-25-19)16-14-7-4-5-8-15(14)20(23-21(16)29-18)27-10-12-28-13-11-27/h2-13H2,1H3,(H,22,24,25)/p+1. The second kappa shape index (κ2) is 8.36. The monoisotopic (exact) mass is 413 g/mol. The van der Waals surface area contributed by atoms with Crippen LogP contribution in [0.3, 0.4) is 0 Å². The van der Waals surface area contributed by atoms with E-state index in [9.17, 15) is 0 Å². The van der Waals surface area contributed by atoms with Gasteiger partial charge in [0.05, 0.1) is 18.6 Å². The zero-order valence-electron chi connectivity index (χ0n) is 17.1. The molecule has 29 heavy (non-hydrogen) atoms. The third kappa shape index (κ3) is 3.53. The van der Waals surface area contributed by atoms with E-state index in [1.807, 2.05) is 0 Å². The van der Waals surface area contributed by atoms with E-state index in [2.05, 4.69) is 37.5 Å². The molecule has 0 radical (unpaired) electrons. The Morgan fingerprint density at radius 3 is 2.76 bits per heavy atom. The molecule has 154 valence electrons. The molecule has 0 spiro atoms. The Bertz CT molecular complexity index is 1010. The molecule has 0 aromatic carbocycles. The van der Waals surface area contributed by atoms with Gasteiger partial charge in [0.2, 0.25) is 0 Å². The predicted octanol–water partition coefficient (Wildman–Crippen LogP) is 3.37. The number of aryl methyl sites for hydroxylation is 1. The topological polar surface area (TPSA) is 77.3 Å². The average Bonchev–Trinajstić information content (AvgIpc) is 3.16. The number of nitrogens with zero attached hydrogens (tertiary/aromatic N) is 4. The van der Waals surface area contributed by atoms with E-state index < -0.39 is 0 Å². The summed E-state index contributed by atoms with van der Waals surface area (Å²) in [6, 6.07) is 0. The van der Waals surface area contributed by atoms with E-state index in [4.69, 9.17) is 4.74 Å². The maximum atomic E-state index is 5.58. The molecular weight excluding hydrogens is 384 g/mol. The number of H-pyrrole nitrogens is 1. The maximum absolute atomic E-state index is 5.58. The molecule has 5 rings (SSSR count). The number of unbranched alkanes of at least 4 members (excludes halogenated alkanes) is 2. The number of thiophene rings is 1. The molecule has 1 saturated heterocycles. The minimum absolute atomic E-state index is 0.800. The highest BCUT2D eigenvalue weighted by atomic mass is 32.1. The van der Waals surface area contributed by atoms with Gasteiger partial charge in [-0.05, 0) is 42.9 Å². The SMILES string of the molecule is CCCCCNc1nnnc2c1sc1[nH+]c(N3CCOCC3)c3c(c12)CCCC3. The molecule has 0 amide bonds. The molecule has 0 unspecified atom stereocenters. The number of morpholine rings is 1. The lowest BCUT2D eigenvalue weighted by atomic mass is 9.90. The second-order valence-corrected chi connectivity index (χ2v) is 9.01. The van der Waals surface area contributed by atoms with Crippen molar-refractivity contribution in [2.75, 3.05) is 43.1 Å². The molecule has 3 aromatic rings. The molecule has 1 aliphatic carbocycles. The Balaban J connectivity index is 1.62. The van der Waals surface area contributed by atoms with Crippen LogP contribution in [-0.2, 0) is 17.6 Å². The summed E-state index contributed by atoms with van der Waals surface area (Å²) in [5.41, 5.74) is 3.94. The van der Waals surface area contributed by atoms with E-state index in [1.54, 1.807) is 11.3 Å². The molecule has 0 atom stereocenters. The van der Waals surface area contributed by atoms with E-state index in [-0.39, 0.29) is 0 Å². The number of rotatable bonds is 6. The van der Waals surface area contributed by atoms with Gasteiger partial charge in [0.1, 0.15) is 23.3 Å². The number of hydrogen-bond donors (Lipinski definition) is 1. The van der Waals surface area contributed by atoms with Gasteiger partial charge in [-0.3, -0.25) is 4.90 Å². The van der Waals surface area contributed by atoms with Crippen molar-refractivity contribution in [1.82, 2.24) is 15.4 Å². The number of anilines is 2. The van der Waals surface area contributed by atoms with Crippen molar-refractivity contribution in [3.63, 3.8) is 0 Å². The van der Waals surface area contributed by atoms with Crippen LogP contribution in [0.5, 0.6) is 0 Å². The zero-order valence-corrected chi connectivity index (χ0v) is 17.9. The Kier molecular flexibility index (Phi) is 5.46. The molecule has 0 saturated carbocycles. The van der Waals surface area contributed by atoms with Gasteiger partial charge in [-0.25, -0.2) is 4.98 Å². The lowest BCUT2D eigenvalue weighted by molar-refractivity contribution is -0.328. The molecular formula is C21H29N6OS+. The van der Waals surface area contributed by atoms with Gasteiger partial charge < -0.3 is 10.1 Å². The first kappa shape index (κ1) is 18.9. The van der Waals surface area contributed by atoms with E-state index in [0.717, 1.165) is 68.1 Å². The van der Waals surface area contributed by atoms with Crippen molar-refractivity contribution in [3.05, 3.63) is 11.1 Å². The summed E-state index contributed by atoms with van der Waals surface area (Å²) in [4.78, 5) is 7.44. The van der Waals surface area contributed by atoms with Crippen LogP contribution in [0.1, 0.15) is 50.2 Å². The fourth-order valence-corrected chi connectivity index (χ4v) is 5.71. The van der Waals surface area contributed by atoms with Crippen LogP contribution in [0.25, 0.3) is 20.4 Å². The largest absolute Gasteiger partial charge is 0.373 e. The van der Waals surface area contributed by atoms with Gasteiger partial charge in [-0.1, -0.05) is 31.1 Å². The lowest BCUT2D eigenvalue weighted by Crippen LogP contribution is -2.40. The van der Waals surface area contributed by atoms with Crippen LogP contribution in [0.15, 0.2) is 0 Å². The number of pyridine rings is 1. The van der Waals surface area contributed by atoms with Gasteiger partial charge in [0.25, 0.3) is 5.82 Å². The Morgan fingerprint density at radius 1 is 1.10 bits per heavy atom. The molecule has 1 fully saturated rings. The lowest BCUT2D eigenvalue weighted by Gasteiger charge is -2.25. The first-order chi connectivity index (χ1) is 14.4. The van der Waals surface area contributed by atoms with Crippen LogP contribution < -0.4 is 15.2 Å². The maximum Gasteiger partial charge on any atom is 0.279 e. The molecule has 8 heteroatoms. The zero-order chi connectivity index (χ0) is 19.6. The molecule has 4 heterocycles.